The van der Waals surface area contributed by atoms with E-state index in [2.05, 4.69) is 10.6 Å². The number of rotatable bonds is 7. The molecule has 0 aliphatic rings. The molecule has 7 heteroatoms. The molecule has 0 radical (unpaired) electrons. The van der Waals surface area contributed by atoms with Gasteiger partial charge in [0.25, 0.3) is 0 Å². The van der Waals surface area contributed by atoms with Gasteiger partial charge in [0.2, 0.25) is 11.8 Å². The average Bonchev–Trinajstić information content (AvgIpc) is 2.58. The molecule has 132 valence electrons. The number of hydrogen-bond acceptors (Lipinski definition) is 4. The minimum absolute atomic E-state index is 0.166. The maximum absolute atomic E-state index is 12.0. The molecule has 0 aliphatic carbocycles. The zero-order chi connectivity index (χ0) is 18.2. The lowest BCUT2D eigenvalue weighted by atomic mass is 10.2. The van der Waals surface area contributed by atoms with E-state index in [1.54, 1.807) is 37.4 Å². The number of carbonyl (C=O) groups is 2. The summed E-state index contributed by atoms with van der Waals surface area (Å²) in [5, 5.41) is 6.20. The first-order valence-corrected chi connectivity index (χ1v) is 9.09. The number of amides is 2. The second-order valence-electron chi connectivity index (χ2n) is 5.25. The molecule has 5 nitrogen and oxygen atoms in total. The highest BCUT2D eigenvalue weighted by Gasteiger charge is 2.09. The lowest BCUT2D eigenvalue weighted by Gasteiger charge is -2.10. The topological polar surface area (TPSA) is 67.4 Å². The summed E-state index contributed by atoms with van der Waals surface area (Å²) in [5.41, 5.74) is 2.21. The molecule has 2 aromatic rings. The van der Waals surface area contributed by atoms with Gasteiger partial charge in [-0.2, -0.15) is 0 Å². The molecule has 2 amide bonds. The highest BCUT2D eigenvalue weighted by molar-refractivity contribution is 8.00. The van der Waals surface area contributed by atoms with Crippen molar-refractivity contribution in [1.82, 2.24) is 0 Å². The third-order valence-electron chi connectivity index (χ3n) is 3.31. The molecule has 2 aromatic carbocycles. The van der Waals surface area contributed by atoms with Crippen LogP contribution in [0.1, 0.15) is 5.56 Å². The molecular weight excluding hydrogens is 360 g/mol. The number of methoxy groups -OCH3 is 1. The van der Waals surface area contributed by atoms with Crippen molar-refractivity contribution in [2.75, 3.05) is 29.2 Å². The number of anilines is 2. The van der Waals surface area contributed by atoms with Crippen LogP contribution in [0.3, 0.4) is 0 Å². The minimum atomic E-state index is -0.190. The van der Waals surface area contributed by atoms with Gasteiger partial charge in [0.1, 0.15) is 5.75 Å². The summed E-state index contributed by atoms with van der Waals surface area (Å²) in [6.07, 6.45) is 0. The van der Waals surface area contributed by atoms with Crippen LogP contribution in [0.5, 0.6) is 5.75 Å². The van der Waals surface area contributed by atoms with Crippen molar-refractivity contribution in [1.29, 1.82) is 0 Å². The fourth-order valence-corrected chi connectivity index (χ4v) is 2.97. The molecule has 0 atom stereocenters. The number of para-hydroxylation sites is 2. The minimum Gasteiger partial charge on any atom is -0.495 e. The SMILES string of the molecule is COc1ccccc1NC(=O)CSCC(=O)Nc1ccc(Cl)cc1C. The second kappa shape index (κ2) is 9.34. The molecule has 0 spiro atoms. The van der Waals surface area contributed by atoms with E-state index in [1.165, 1.54) is 11.8 Å². The Morgan fingerprint density at radius 2 is 1.68 bits per heavy atom. The Hall–Kier alpha value is -2.18. The van der Waals surface area contributed by atoms with Crippen molar-refractivity contribution in [2.45, 2.75) is 6.92 Å². The Morgan fingerprint density at radius 1 is 1.04 bits per heavy atom. The number of halogens is 1. The smallest absolute Gasteiger partial charge is 0.234 e. The Kier molecular flexibility index (Phi) is 7.16. The summed E-state index contributed by atoms with van der Waals surface area (Å²) < 4.78 is 5.18. The Bertz CT molecular complexity index is 768. The average molecular weight is 379 g/mol. The highest BCUT2D eigenvalue weighted by atomic mass is 35.5. The van der Waals surface area contributed by atoms with Gasteiger partial charge in [-0.15, -0.1) is 11.8 Å². The molecule has 0 fully saturated rings. The van der Waals surface area contributed by atoms with E-state index < -0.39 is 0 Å². The van der Waals surface area contributed by atoms with Crippen LogP contribution in [-0.4, -0.2) is 30.4 Å². The molecule has 0 bridgehead atoms. The van der Waals surface area contributed by atoms with Crippen LogP contribution in [0.4, 0.5) is 11.4 Å². The molecule has 2 rings (SSSR count). The van der Waals surface area contributed by atoms with E-state index >= 15 is 0 Å². The third kappa shape index (κ3) is 5.99. The standard InChI is InChI=1S/C18H19ClN2O3S/c1-12-9-13(19)7-8-14(12)20-17(22)10-25-11-18(23)21-15-5-3-4-6-16(15)24-2/h3-9H,10-11H2,1-2H3,(H,20,22)(H,21,23). The highest BCUT2D eigenvalue weighted by Crippen LogP contribution is 2.23. The van der Waals surface area contributed by atoms with Gasteiger partial charge in [0.15, 0.2) is 0 Å². The van der Waals surface area contributed by atoms with Crippen LogP contribution in [0.15, 0.2) is 42.5 Å². The summed E-state index contributed by atoms with van der Waals surface area (Å²) in [4.78, 5) is 24.0. The first kappa shape index (κ1) is 19.1. The van der Waals surface area contributed by atoms with Crippen molar-refractivity contribution in [3.8, 4) is 5.75 Å². The van der Waals surface area contributed by atoms with Crippen LogP contribution in [0.25, 0.3) is 0 Å². The van der Waals surface area contributed by atoms with Gasteiger partial charge in [0, 0.05) is 10.7 Å². The first-order valence-electron chi connectivity index (χ1n) is 7.56. The van der Waals surface area contributed by atoms with E-state index in [0.29, 0.717) is 22.1 Å². The molecule has 25 heavy (non-hydrogen) atoms. The van der Waals surface area contributed by atoms with Gasteiger partial charge in [-0.25, -0.2) is 0 Å². The first-order chi connectivity index (χ1) is 12.0. The lowest BCUT2D eigenvalue weighted by Crippen LogP contribution is -2.19. The summed E-state index contributed by atoms with van der Waals surface area (Å²) >= 11 is 7.13. The van der Waals surface area contributed by atoms with Gasteiger partial charge >= 0.3 is 0 Å². The predicted molar refractivity (Wildman–Crippen MR) is 104 cm³/mol. The van der Waals surface area contributed by atoms with Crippen molar-refractivity contribution >= 4 is 46.6 Å². The summed E-state index contributed by atoms with van der Waals surface area (Å²) in [5.74, 6) is 0.592. The van der Waals surface area contributed by atoms with Crippen molar-refractivity contribution in [3.63, 3.8) is 0 Å². The van der Waals surface area contributed by atoms with E-state index in [9.17, 15) is 9.59 Å². The van der Waals surface area contributed by atoms with E-state index in [0.717, 1.165) is 5.56 Å². The normalized spacial score (nSPS) is 10.2. The predicted octanol–water partition coefficient (Wildman–Crippen LogP) is 3.97. The largest absolute Gasteiger partial charge is 0.495 e. The zero-order valence-electron chi connectivity index (χ0n) is 14.0. The van der Waals surface area contributed by atoms with Crippen LogP contribution in [0, 0.1) is 6.92 Å². The molecular formula is C18H19ClN2O3S. The maximum Gasteiger partial charge on any atom is 0.234 e. The number of hydrogen-bond donors (Lipinski definition) is 2. The lowest BCUT2D eigenvalue weighted by molar-refractivity contribution is -0.114. The molecule has 0 saturated carbocycles. The van der Waals surface area contributed by atoms with Gasteiger partial charge in [-0.05, 0) is 42.8 Å². The molecule has 2 N–H and O–H groups in total. The van der Waals surface area contributed by atoms with Crippen LogP contribution < -0.4 is 15.4 Å². The summed E-state index contributed by atoms with van der Waals surface area (Å²) in [6.45, 7) is 1.87. The van der Waals surface area contributed by atoms with E-state index in [4.69, 9.17) is 16.3 Å². The van der Waals surface area contributed by atoms with Gasteiger partial charge < -0.3 is 15.4 Å². The number of benzene rings is 2. The van der Waals surface area contributed by atoms with Crippen LogP contribution in [-0.2, 0) is 9.59 Å². The van der Waals surface area contributed by atoms with E-state index in [1.807, 2.05) is 19.1 Å². The van der Waals surface area contributed by atoms with Crippen LogP contribution in [0.2, 0.25) is 5.02 Å². The number of nitrogens with one attached hydrogen (secondary N) is 2. The fraction of sp³-hybridized carbons (Fsp3) is 0.222. The second-order valence-corrected chi connectivity index (χ2v) is 6.67. The Balaban J connectivity index is 1.78. The third-order valence-corrected chi connectivity index (χ3v) is 4.48. The molecule has 0 aromatic heterocycles. The molecule has 0 unspecified atom stereocenters. The Labute approximate surface area is 156 Å². The summed E-state index contributed by atoms with van der Waals surface area (Å²) in [7, 11) is 1.54. The van der Waals surface area contributed by atoms with Crippen molar-refractivity contribution in [3.05, 3.63) is 53.1 Å². The molecule has 0 heterocycles. The number of thioether (sulfide) groups is 1. The Morgan fingerprint density at radius 3 is 2.32 bits per heavy atom. The monoisotopic (exact) mass is 378 g/mol. The van der Waals surface area contributed by atoms with Gasteiger partial charge in [0.05, 0.1) is 24.3 Å². The van der Waals surface area contributed by atoms with Crippen molar-refractivity contribution < 1.29 is 14.3 Å². The van der Waals surface area contributed by atoms with Crippen molar-refractivity contribution in [2.24, 2.45) is 0 Å². The zero-order valence-corrected chi connectivity index (χ0v) is 15.5. The fourth-order valence-electron chi connectivity index (χ4n) is 2.12. The van der Waals surface area contributed by atoms with E-state index in [-0.39, 0.29) is 23.3 Å². The number of ether oxygens (including phenoxy) is 1. The number of carbonyl (C=O) groups excluding carboxylic acids is 2. The molecule has 0 saturated heterocycles. The number of aryl methyl sites for hydroxylation is 1. The molecule has 0 aliphatic heterocycles. The summed E-state index contributed by atoms with van der Waals surface area (Å²) in [6, 6.07) is 12.4. The quantitative estimate of drug-likeness (QED) is 0.765. The maximum atomic E-state index is 12.0. The van der Waals surface area contributed by atoms with Gasteiger partial charge in [-0.1, -0.05) is 23.7 Å². The van der Waals surface area contributed by atoms with Gasteiger partial charge in [-0.3, -0.25) is 9.59 Å². The van der Waals surface area contributed by atoms with Crippen LogP contribution >= 0.6 is 23.4 Å².